The average Bonchev–Trinajstić information content (AvgIpc) is 3.14. The van der Waals surface area contributed by atoms with Crippen molar-refractivity contribution in [2.24, 2.45) is 0 Å². The van der Waals surface area contributed by atoms with Crippen molar-refractivity contribution in [3.8, 4) is 0 Å². The number of piperazine rings is 1. The molecule has 0 unspecified atom stereocenters. The summed E-state index contributed by atoms with van der Waals surface area (Å²) < 4.78 is 55.0. The van der Waals surface area contributed by atoms with Gasteiger partial charge in [0.25, 0.3) is 0 Å². The van der Waals surface area contributed by atoms with Crippen molar-refractivity contribution in [1.82, 2.24) is 24.3 Å². The number of aromatic nitrogens is 3. The van der Waals surface area contributed by atoms with Crippen LogP contribution in [0.5, 0.6) is 0 Å². The first-order chi connectivity index (χ1) is 15.2. The van der Waals surface area contributed by atoms with Crippen molar-refractivity contribution in [2.75, 3.05) is 38.0 Å². The summed E-state index contributed by atoms with van der Waals surface area (Å²) in [6.07, 6.45) is -3.13. The molecule has 0 radical (unpaired) electrons. The van der Waals surface area contributed by atoms with Crippen molar-refractivity contribution in [2.45, 2.75) is 19.6 Å². The number of nitrogens with one attached hydrogen (secondary N) is 1. The second kappa shape index (κ2) is 8.73. The van der Waals surface area contributed by atoms with Crippen LogP contribution in [0.25, 0.3) is 11.2 Å². The number of hydrogen-bond acceptors (Lipinski definition) is 4. The molecule has 1 saturated heterocycles. The van der Waals surface area contributed by atoms with E-state index >= 15 is 0 Å². The Morgan fingerprint density at radius 3 is 2.56 bits per heavy atom. The van der Waals surface area contributed by atoms with Crippen LogP contribution in [0.2, 0.25) is 0 Å². The number of aryl methyl sites for hydroxylation is 1. The Balaban J connectivity index is 1.35. The first-order valence-electron chi connectivity index (χ1n) is 10.2. The van der Waals surface area contributed by atoms with Gasteiger partial charge in [-0.2, -0.15) is 13.2 Å². The molecule has 7 nitrogen and oxygen atoms in total. The lowest BCUT2D eigenvalue weighted by Crippen LogP contribution is -2.50. The number of hydrogen-bond donors (Lipinski definition) is 1. The number of fused-ring (bicyclic) bond motifs is 1. The van der Waals surface area contributed by atoms with Crippen LogP contribution in [0, 0.1) is 12.7 Å². The van der Waals surface area contributed by atoms with E-state index in [0.29, 0.717) is 44.0 Å². The number of anilines is 1. The largest absolute Gasteiger partial charge is 0.449 e. The monoisotopic (exact) mass is 450 g/mol. The van der Waals surface area contributed by atoms with E-state index in [9.17, 15) is 22.4 Å². The first kappa shape index (κ1) is 22.0. The first-order valence-corrected chi connectivity index (χ1v) is 10.2. The number of halogens is 4. The number of pyridine rings is 1. The van der Waals surface area contributed by atoms with Gasteiger partial charge in [-0.1, -0.05) is 6.07 Å². The molecule has 1 aromatic carbocycles. The molecule has 0 atom stereocenters. The zero-order valence-corrected chi connectivity index (χ0v) is 17.4. The van der Waals surface area contributed by atoms with E-state index in [0.717, 1.165) is 4.57 Å². The summed E-state index contributed by atoms with van der Waals surface area (Å²) in [5.74, 6) is -1.36. The van der Waals surface area contributed by atoms with Gasteiger partial charge in [0.1, 0.15) is 11.3 Å². The number of imidazole rings is 1. The third-order valence-corrected chi connectivity index (χ3v) is 5.48. The third kappa shape index (κ3) is 4.67. The van der Waals surface area contributed by atoms with E-state index in [1.54, 1.807) is 30.0 Å². The van der Waals surface area contributed by atoms with E-state index in [2.05, 4.69) is 15.3 Å². The Labute approximate surface area is 181 Å². The summed E-state index contributed by atoms with van der Waals surface area (Å²) in [6.45, 7) is 3.93. The van der Waals surface area contributed by atoms with Gasteiger partial charge in [-0.15, -0.1) is 0 Å². The van der Waals surface area contributed by atoms with E-state index in [4.69, 9.17) is 0 Å². The number of benzene rings is 1. The average molecular weight is 450 g/mol. The van der Waals surface area contributed by atoms with E-state index in [1.165, 1.54) is 18.3 Å². The second-order valence-electron chi connectivity index (χ2n) is 7.65. The number of carbonyl (C=O) groups excluding carboxylic acids is 1. The molecule has 0 spiro atoms. The van der Waals surface area contributed by atoms with E-state index < -0.39 is 17.8 Å². The van der Waals surface area contributed by atoms with Gasteiger partial charge in [-0.05, 0) is 36.8 Å². The highest BCUT2D eigenvalue weighted by atomic mass is 19.4. The number of carbonyl (C=O) groups is 1. The Kier molecular flexibility index (Phi) is 6.00. The number of nitrogens with zero attached hydrogens (tertiary/aromatic N) is 5. The van der Waals surface area contributed by atoms with E-state index in [-0.39, 0.29) is 23.7 Å². The molecule has 170 valence electrons. The summed E-state index contributed by atoms with van der Waals surface area (Å²) in [5, 5.41) is 2.68. The number of rotatable bonds is 4. The van der Waals surface area contributed by atoms with Gasteiger partial charge in [0.15, 0.2) is 5.65 Å². The minimum atomic E-state index is -4.58. The van der Waals surface area contributed by atoms with Crippen molar-refractivity contribution in [3.63, 3.8) is 0 Å². The molecule has 0 aliphatic carbocycles. The van der Waals surface area contributed by atoms with Crippen LogP contribution in [-0.2, 0) is 12.7 Å². The maximum atomic E-state index is 13.7. The second-order valence-corrected chi connectivity index (χ2v) is 7.65. The zero-order chi connectivity index (χ0) is 22.9. The van der Waals surface area contributed by atoms with Crippen molar-refractivity contribution in [1.29, 1.82) is 0 Å². The van der Waals surface area contributed by atoms with Crippen LogP contribution in [0.15, 0.2) is 36.5 Å². The Morgan fingerprint density at radius 2 is 1.88 bits per heavy atom. The normalized spacial score (nSPS) is 15.3. The summed E-state index contributed by atoms with van der Waals surface area (Å²) in [6, 6.07) is 7.21. The standard InChI is InChI=1S/C21H22F4N6O/c1-14-4-5-15(13-16(14)22)27-20(32)30-10-7-29(8-11-30)9-12-31-18-17(3-2-6-26-18)28-19(31)21(23,24)25/h2-6,13H,7-12H2,1H3,(H,27,32). The number of amides is 2. The molecule has 1 aliphatic rings. The lowest BCUT2D eigenvalue weighted by Gasteiger charge is -2.34. The quantitative estimate of drug-likeness (QED) is 0.615. The molecular formula is C21H22F4N6O. The fourth-order valence-corrected chi connectivity index (χ4v) is 3.68. The molecule has 3 heterocycles. The minimum absolute atomic E-state index is 0.0806. The van der Waals surface area contributed by atoms with Crippen LogP contribution in [0.3, 0.4) is 0 Å². The molecule has 0 bridgehead atoms. The Bertz CT molecular complexity index is 1120. The van der Waals surface area contributed by atoms with Crippen LogP contribution in [0.1, 0.15) is 11.4 Å². The van der Waals surface area contributed by atoms with E-state index in [1.807, 2.05) is 4.90 Å². The Hall–Kier alpha value is -3.21. The number of urea groups is 1. The van der Waals surface area contributed by atoms with Crippen molar-refractivity contribution < 1.29 is 22.4 Å². The fourth-order valence-electron chi connectivity index (χ4n) is 3.68. The zero-order valence-electron chi connectivity index (χ0n) is 17.4. The fraction of sp³-hybridized carbons (Fsp3) is 0.381. The molecule has 11 heteroatoms. The highest BCUT2D eigenvalue weighted by Crippen LogP contribution is 2.30. The molecule has 3 aromatic rings. The van der Waals surface area contributed by atoms with Crippen LogP contribution < -0.4 is 5.32 Å². The van der Waals surface area contributed by atoms with Gasteiger partial charge < -0.3 is 14.8 Å². The van der Waals surface area contributed by atoms with Crippen molar-refractivity contribution in [3.05, 3.63) is 53.7 Å². The molecule has 1 aliphatic heterocycles. The number of alkyl halides is 3. The topological polar surface area (TPSA) is 66.3 Å². The summed E-state index contributed by atoms with van der Waals surface area (Å²) in [5.41, 5.74) is 1.27. The SMILES string of the molecule is Cc1ccc(NC(=O)N2CCN(CCn3c(C(F)(F)F)nc4cccnc43)CC2)cc1F. The van der Waals surface area contributed by atoms with Crippen LogP contribution in [0.4, 0.5) is 28.0 Å². The van der Waals surface area contributed by atoms with Gasteiger partial charge in [0.05, 0.1) is 0 Å². The lowest BCUT2D eigenvalue weighted by molar-refractivity contribution is -0.147. The molecule has 2 aromatic heterocycles. The van der Waals surface area contributed by atoms with Crippen LogP contribution in [-0.4, -0.2) is 63.1 Å². The molecular weight excluding hydrogens is 428 g/mol. The molecule has 4 rings (SSSR count). The molecule has 1 fully saturated rings. The van der Waals surface area contributed by atoms with Gasteiger partial charge >= 0.3 is 12.2 Å². The predicted octanol–water partition coefficient (Wildman–Crippen LogP) is 3.75. The molecule has 1 N–H and O–H groups in total. The van der Waals surface area contributed by atoms with Gasteiger partial charge in [0.2, 0.25) is 5.82 Å². The molecule has 2 amide bonds. The minimum Gasteiger partial charge on any atom is -0.322 e. The smallest absolute Gasteiger partial charge is 0.322 e. The highest BCUT2D eigenvalue weighted by molar-refractivity contribution is 5.89. The van der Waals surface area contributed by atoms with Gasteiger partial charge in [0, 0.05) is 51.2 Å². The maximum absolute atomic E-state index is 13.7. The lowest BCUT2D eigenvalue weighted by atomic mass is 10.2. The van der Waals surface area contributed by atoms with Crippen LogP contribution >= 0.6 is 0 Å². The Morgan fingerprint density at radius 1 is 1.12 bits per heavy atom. The molecule has 0 saturated carbocycles. The summed E-state index contributed by atoms with van der Waals surface area (Å²) >= 11 is 0. The summed E-state index contributed by atoms with van der Waals surface area (Å²) in [7, 11) is 0. The van der Waals surface area contributed by atoms with Gasteiger partial charge in [-0.3, -0.25) is 4.90 Å². The van der Waals surface area contributed by atoms with Crippen molar-refractivity contribution >= 4 is 22.9 Å². The predicted molar refractivity (Wildman–Crippen MR) is 111 cm³/mol. The highest BCUT2D eigenvalue weighted by Gasteiger charge is 2.38. The maximum Gasteiger partial charge on any atom is 0.449 e. The molecule has 32 heavy (non-hydrogen) atoms. The summed E-state index contributed by atoms with van der Waals surface area (Å²) in [4.78, 5) is 23.8. The van der Waals surface area contributed by atoms with Gasteiger partial charge in [-0.25, -0.2) is 19.2 Å². The third-order valence-electron chi connectivity index (χ3n) is 5.48.